The quantitative estimate of drug-likeness (QED) is 0.724. The summed E-state index contributed by atoms with van der Waals surface area (Å²) in [5, 5.41) is 11.2. The molecule has 136 valence electrons. The molecule has 0 aromatic carbocycles. The van der Waals surface area contributed by atoms with E-state index in [1.54, 1.807) is 0 Å². The maximum absolute atomic E-state index is 11.2. The molecule has 5 rings (SSSR count). The average Bonchev–Trinajstić information content (AvgIpc) is 3.14. The lowest BCUT2D eigenvalue weighted by atomic mass is 9.44. The largest absolute Gasteiger partial charge is 0.393 e. The average molecular weight is 335 g/mol. The van der Waals surface area contributed by atoms with Crippen LogP contribution in [-0.2, 0) is 9.47 Å². The van der Waals surface area contributed by atoms with E-state index in [0.29, 0.717) is 17.3 Å². The summed E-state index contributed by atoms with van der Waals surface area (Å²) >= 11 is 0. The highest BCUT2D eigenvalue weighted by molar-refractivity contribution is 5.11. The van der Waals surface area contributed by atoms with E-state index in [9.17, 15) is 5.11 Å². The molecule has 1 N–H and O–H groups in total. The van der Waals surface area contributed by atoms with Crippen molar-refractivity contribution in [3.05, 3.63) is 0 Å². The molecule has 1 aliphatic heterocycles. The van der Waals surface area contributed by atoms with Crippen LogP contribution in [-0.4, -0.2) is 30.2 Å². The molecule has 0 bridgehead atoms. The van der Waals surface area contributed by atoms with E-state index in [1.165, 1.54) is 38.5 Å². The third-order valence-corrected chi connectivity index (χ3v) is 9.18. The van der Waals surface area contributed by atoms with Crippen molar-refractivity contribution >= 4 is 0 Å². The summed E-state index contributed by atoms with van der Waals surface area (Å²) < 4.78 is 12.1. The van der Waals surface area contributed by atoms with Gasteiger partial charge in [-0.3, -0.25) is 0 Å². The fourth-order valence-corrected chi connectivity index (χ4v) is 8.09. The number of aliphatic hydroxyl groups excluding tert-OH is 1. The lowest BCUT2D eigenvalue weighted by Gasteiger charge is -2.62. The first-order valence-electron chi connectivity index (χ1n) is 10.4. The molecule has 5 fully saturated rings. The van der Waals surface area contributed by atoms with E-state index in [-0.39, 0.29) is 17.3 Å². The minimum atomic E-state index is -0.279. The Morgan fingerprint density at radius 1 is 0.917 bits per heavy atom. The number of rotatable bonds is 0. The molecule has 4 saturated carbocycles. The summed E-state index contributed by atoms with van der Waals surface area (Å²) in [5.41, 5.74) is 0.699. The summed E-state index contributed by atoms with van der Waals surface area (Å²) in [6.45, 7) is 6.49. The van der Waals surface area contributed by atoms with Crippen LogP contribution in [0.2, 0.25) is 0 Å². The molecule has 0 aromatic heterocycles. The van der Waals surface area contributed by atoms with E-state index >= 15 is 0 Å². The Labute approximate surface area is 146 Å². The van der Waals surface area contributed by atoms with E-state index in [4.69, 9.17) is 9.47 Å². The van der Waals surface area contributed by atoms with Crippen molar-refractivity contribution in [2.75, 3.05) is 13.2 Å². The molecule has 0 aromatic rings. The van der Waals surface area contributed by atoms with Crippen molar-refractivity contribution in [3.63, 3.8) is 0 Å². The fraction of sp³-hybridized carbons (Fsp3) is 1.00. The molecule has 5 aliphatic rings. The fourth-order valence-electron chi connectivity index (χ4n) is 8.09. The molecule has 7 atom stereocenters. The minimum Gasteiger partial charge on any atom is -0.393 e. The molecule has 1 spiro atoms. The SMILES string of the molecule is C[C@@]12CCC[C@H]1[C@@H]1CC[C@H]3CC4(CC[C@]3(C)[C@H]1[C@H](O)C2)OCCO4. The Bertz CT molecular complexity index is 513. The molecule has 1 heterocycles. The Kier molecular flexibility index (Phi) is 3.49. The zero-order valence-electron chi connectivity index (χ0n) is 15.4. The topological polar surface area (TPSA) is 38.7 Å². The Morgan fingerprint density at radius 2 is 1.71 bits per heavy atom. The van der Waals surface area contributed by atoms with Crippen molar-refractivity contribution in [3.8, 4) is 0 Å². The molecular weight excluding hydrogens is 300 g/mol. The molecule has 0 radical (unpaired) electrons. The van der Waals surface area contributed by atoms with Gasteiger partial charge in [-0.2, -0.15) is 0 Å². The molecule has 0 amide bonds. The smallest absolute Gasteiger partial charge is 0.168 e. The van der Waals surface area contributed by atoms with E-state index in [0.717, 1.165) is 44.3 Å². The van der Waals surface area contributed by atoms with Crippen LogP contribution in [0.25, 0.3) is 0 Å². The van der Waals surface area contributed by atoms with Gasteiger partial charge >= 0.3 is 0 Å². The summed E-state index contributed by atoms with van der Waals surface area (Å²) in [5.74, 6) is 2.50. The first-order valence-corrected chi connectivity index (χ1v) is 10.4. The molecule has 1 saturated heterocycles. The normalized spacial score (nSPS) is 55.9. The predicted molar refractivity (Wildman–Crippen MR) is 92.4 cm³/mol. The van der Waals surface area contributed by atoms with Gasteiger partial charge in [-0.25, -0.2) is 0 Å². The summed E-state index contributed by atoms with van der Waals surface area (Å²) in [7, 11) is 0. The van der Waals surface area contributed by atoms with Crippen LogP contribution in [0.1, 0.15) is 71.6 Å². The number of ether oxygens (including phenoxy) is 2. The summed E-state index contributed by atoms with van der Waals surface area (Å²) in [4.78, 5) is 0. The van der Waals surface area contributed by atoms with Crippen molar-refractivity contribution < 1.29 is 14.6 Å². The third kappa shape index (κ3) is 2.07. The van der Waals surface area contributed by atoms with Crippen molar-refractivity contribution in [2.24, 2.45) is 34.5 Å². The molecule has 24 heavy (non-hydrogen) atoms. The van der Waals surface area contributed by atoms with E-state index < -0.39 is 0 Å². The highest BCUT2D eigenvalue weighted by Gasteiger charge is 2.62. The van der Waals surface area contributed by atoms with Crippen LogP contribution >= 0.6 is 0 Å². The van der Waals surface area contributed by atoms with Crippen molar-refractivity contribution in [1.82, 2.24) is 0 Å². The second kappa shape index (κ2) is 5.20. The van der Waals surface area contributed by atoms with E-state index in [1.807, 2.05) is 0 Å². The first-order chi connectivity index (χ1) is 11.5. The van der Waals surface area contributed by atoms with Crippen LogP contribution in [0, 0.1) is 34.5 Å². The first kappa shape index (κ1) is 16.1. The number of hydrogen-bond donors (Lipinski definition) is 1. The lowest BCUT2D eigenvalue weighted by Crippen LogP contribution is -2.59. The van der Waals surface area contributed by atoms with Gasteiger partial charge in [0.25, 0.3) is 0 Å². The highest BCUT2D eigenvalue weighted by atomic mass is 16.7. The third-order valence-electron chi connectivity index (χ3n) is 9.18. The maximum atomic E-state index is 11.2. The van der Waals surface area contributed by atoms with Crippen LogP contribution in [0.4, 0.5) is 0 Å². The molecule has 3 nitrogen and oxygen atoms in total. The second-order valence-electron chi connectivity index (χ2n) is 10.2. The number of hydrogen-bond acceptors (Lipinski definition) is 3. The lowest BCUT2D eigenvalue weighted by molar-refractivity contribution is -0.241. The maximum Gasteiger partial charge on any atom is 0.168 e. The van der Waals surface area contributed by atoms with Gasteiger partial charge in [0.05, 0.1) is 19.3 Å². The van der Waals surface area contributed by atoms with Gasteiger partial charge in [-0.05, 0) is 73.0 Å². The second-order valence-corrected chi connectivity index (χ2v) is 10.2. The van der Waals surface area contributed by atoms with Crippen LogP contribution in [0.3, 0.4) is 0 Å². The van der Waals surface area contributed by atoms with Gasteiger partial charge in [0.1, 0.15) is 0 Å². The van der Waals surface area contributed by atoms with E-state index in [2.05, 4.69) is 13.8 Å². The zero-order chi connectivity index (χ0) is 16.6. The zero-order valence-corrected chi connectivity index (χ0v) is 15.4. The molecule has 3 heteroatoms. The number of fused-ring (bicyclic) bond motifs is 5. The monoisotopic (exact) mass is 334 g/mol. The Hall–Kier alpha value is -0.120. The van der Waals surface area contributed by atoms with Gasteiger partial charge in [0, 0.05) is 12.8 Å². The summed E-state index contributed by atoms with van der Waals surface area (Å²) in [6, 6.07) is 0. The molecular formula is C21H34O3. The van der Waals surface area contributed by atoms with Crippen LogP contribution in [0.5, 0.6) is 0 Å². The molecule has 0 unspecified atom stereocenters. The Morgan fingerprint density at radius 3 is 2.50 bits per heavy atom. The standard InChI is InChI=1S/C21H34O3/c1-19-7-3-4-16(19)15-6-5-14-12-21(23-10-11-24-21)9-8-20(14,2)18(15)17(22)13-19/h14-18,22H,3-13H2,1-2H3/t14-,15-,16-,17+,18+,19-,20-/m0/s1. The Balaban J connectivity index is 1.45. The minimum absolute atomic E-state index is 0.0957. The van der Waals surface area contributed by atoms with Gasteiger partial charge in [-0.1, -0.05) is 20.3 Å². The predicted octanol–water partition coefficient (Wildman–Crippen LogP) is 4.13. The van der Waals surface area contributed by atoms with Crippen LogP contribution in [0.15, 0.2) is 0 Å². The van der Waals surface area contributed by atoms with Crippen molar-refractivity contribution in [2.45, 2.75) is 83.5 Å². The van der Waals surface area contributed by atoms with Crippen LogP contribution < -0.4 is 0 Å². The summed E-state index contributed by atoms with van der Waals surface area (Å²) in [6.07, 6.45) is 10.9. The van der Waals surface area contributed by atoms with Gasteiger partial charge in [0.15, 0.2) is 5.79 Å². The molecule has 4 aliphatic carbocycles. The highest BCUT2D eigenvalue weighted by Crippen LogP contribution is 2.67. The van der Waals surface area contributed by atoms with Gasteiger partial charge in [-0.15, -0.1) is 0 Å². The number of aliphatic hydroxyl groups is 1. The van der Waals surface area contributed by atoms with Gasteiger partial charge < -0.3 is 14.6 Å². The van der Waals surface area contributed by atoms with Crippen molar-refractivity contribution in [1.29, 1.82) is 0 Å². The van der Waals surface area contributed by atoms with Gasteiger partial charge in [0.2, 0.25) is 0 Å².